The van der Waals surface area contributed by atoms with Gasteiger partial charge in [0.25, 0.3) is 0 Å². The zero-order valence-corrected chi connectivity index (χ0v) is 64.2. The fourth-order valence-corrected chi connectivity index (χ4v) is 15.7. The standard InChI is InChI=1S/C88H94O28.3CH4/c1-103-85-61-17-9-5-13-57(61)25-33-77(85)115-75-29-21-53(37-69(75)93)44-106-82(98)48-110-80(96)40-63(87(101)111-49-83(99)107-45-52-20-28-74(68(92)36-52)114-72-32-24-56-12-4-8-16-60(56)66(72)42-90)64(88(102)112-50-84(100)108-46-54-22-30-76(70(94)38-54)116-78-34-26-58-14-6-10-18-62(58)86(78)104-2)39-79(95)109-47-81(97)105-43-51-19-27-73(67(91)35-51)113-71-31-23-55-11-3-7-15-59(55)65(71)41-89;;;/h3-18,23-26,31-34,41-42,51-54,63-64,67-70,73-76,91-94H,19-22,27-30,35-40,43-50H2,1-2H3;3*1H4. The molecular formula is C91H106O28. The number of ether oxygens (including phenoxy) is 14. The second kappa shape index (κ2) is 43.8. The van der Waals surface area contributed by atoms with Crippen molar-refractivity contribution in [2.24, 2.45) is 35.5 Å². The molecule has 8 aromatic rings. The lowest BCUT2D eigenvalue weighted by Gasteiger charge is -2.33. The molecular weight excluding hydrogens is 1540 g/mol. The Balaban J connectivity index is 0.00000538. The zero-order valence-electron chi connectivity index (χ0n) is 64.2. The van der Waals surface area contributed by atoms with Crippen LogP contribution in [0.4, 0.5) is 0 Å². The van der Waals surface area contributed by atoms with Gasteiger partial charge in [0.1, 0.15) is 35.9 Å². The largest absolute Gasteiger partial charge is 0.492 e. The Morgan fingerprint density at radius 1 is 0.328 bits per heavy atom. The van der Waals surface area contributed by atoms with E-state index >= 15 is 0 Å². The summed E-state index contributed by atoms with van der Waals surface area (Å²) in [6.45, 7) is -5.33. The average Bonchev–Trinajstić information content (AvgIpc) is 0.810. The molecule has 4 saturated carbocycles. The molecule has 119 heavy (non-hydrogen) atoms. The molecule has 4 aliphatic rings. The van der Waals surface area contributed by atoms with E-state index in [-0.39, 0.29) is 92.5 Å². The Hall–Kier alpha value is -11.5. The summed E-state index contributed by atoms with van der Waals surface area (Å²) in [4.78, 5) is 135. The van der Waals surface area contributed by atoms with E-state index in [4.69, 9.17) is 66.3 Å². The average molecular weight is 1650 g/mol. The van der Waals surface area contributed by atoms with Crippen molar-refractivity contribution in [2.45, 2.75) is 161 Å². The molecule has 4 fully saturated rings. The highest BCUT2D eigenvalue weighted by atomic mass is 16.6. The normalized spacial score (nSPS) is 21.9. The molecule has 28 nitrogen and oxygen atoms in total. The van der Waals surface area contributed by atoms with Gasteiger partial charge in [-0.25, -0.2) is 19.2 Å². The van der Waals surface area contributed by atoms with Crippen molar-refractivity contribution in [3.05, 3.63) is 157 Å². The number of methoxy groups -OCH3 is 2. The third kappa shape index (κ3) is 23.9. The van der Waals surface area contributed by atoms with E-state index < -0.39 is 165 Å². The van der Waals surface area contributed by atoms with Crippen LogP contribution >= 0.6 is 0 Å². The number of aldehydes is 2. The lowest BCUT2D eigenvalue weighted by Crippen LogP contribution is -2.40. The monoisotopic (exact) mass is 1650 g/mol. The molecule has 0 amide bonds. The summed E-state index contributed by atoms with van der Waals surface area (Å²) in [7, 11) is 3.04. The number of carbonyl (C=O) groups excluding carboxylic acids is 10. The molecule has 0 radical (unpaired) electrons. The second-order valence-corrected chi connectivity index (χ2v) is 29.8. The van der Waals surface area contributed by atoms with Gasteiger partial charge in [0.15, 0.2) is 62.0 Å². The van der Waals surface area contributed by atoms with Crippen LogP contribution in [0.25, 0.3) is 43.1 Å². The number of aliphatic hydroxyl groups excluding tert-OH is 4. The Kier molecular flexibility index (Phi) is 33.7. The van der Waals surface area contributed by atoms with Crippen molar-refractivity contribution in [1.82, 2.24) is 0 Å². The van der Waals surface area contributed by atoms with Crippen LogP contribution < -0.4 is 28.4 Å². The van der Waals surface area contributed by atoms with E-state index in [1.165, 1.54) is 14.2 Å². The van der Waals surface area contributed by atoms with E-state index in [1.54, 1.807) is 60.7 Å². The molecule has 0 heterocycles. The molecule has 4 N–H and O–H groups in total. The van der Waals surface area contributed by atoms with E-state index in [0.29, 0.717) is 108 Å². The van der Waals surface area contributed by atoms with Crippen molar-refractivity contribution in [3.63, 3.8) is 0 Å². The summed E-state index contributed by atoms with van der Waals surface area (Å²) in [5.74, 6) is -13.5. The highest BCUT2D eigenvalue weighted by Gasteiger charge is 2.43. The van der Waals surface area contributed by atoms with Crippen LogP contribution in [0.2, 0.25) is 0 Å². The molecule has 4 aliphatic carbocycles. The summed E-state index contributed by atoms with van der Waals surface area (Å²) >= 11 is 0. The van der Waals surface area contributed by atoms with E-state index in [2.05, 4.69) is 0 Å². The molecule has 14 unspecified atom stereocenters. The van der Waals surface area contributed by atoms with E-state index in [1.807, 2.05) is 84.9 Å². The topological polar surface area (TPSA) is 381 Å². The van der Waals surface area contributed by atoms with Gasteiger partial charge in [-0.05, 0) is 157 Å². The highest BCUT2D eigenvalue weighted by Crippen LogP contribution is 2.42. The van der Waals surface area contributed by atoms with Gasteiger partial charge in [-0.2, -0.15) is 0 Å². The van der Waals surface area contributed by atoms with Gasteiger partial charge < -0.3 is 86.7 Å². The molecule has 28 heteroatoms. The lowest BCUT2D eigenvalue weighted by atomic mass is 9.85. The SMILES string of the molecule is C.C.C.COc1c(OC2CCC(COC(=O)COC(=O)CC(C(=O)OCC(=O)OCC3CCC(Oc4ccc5ccccc5c4C=O)C(O)C3)C(CC(=O)OCC(=O)OCC3CCC(Oc4ccc5ccccc5c4C=O)C(O)C3)C(=O)OCC(=O)OCC3CCC(Oc4ccc5ccccc5c4OC)C(O)C3)CC2O)ccc2ccccc12. The Morgan fingerprint density at radius 2 is 0.588 bits per heavy atom. The van der Waals surface area contributed by atoms with Crippen molar-refractivity contribution < 1.29 is 135 Å². The maximum atomic E-state index is 14.5. The van der Waals surface area contributed by atoms with Crippen LogP contribution in [0.5, 0.6) is 34.5 Å². The molecule has 14 atom stereocenters. The maximum absolute atomic E-state index is 14.5. The Morgan fingerprint density at radius 3 is 0.874 bits per heavy atom. The predicted molar refractivity (Wildman–Crippen MR) is 435 cm³/mol. The number of fused-ring (bicyclic) bond motifs is 4. The van der Waals surface area contributed by atoms with Crippen LogP contribution in [-0.2, 0) is 76.3 Å². The van der Waals surface area contributed by atoms with Crippen LogP contribution in [0.1, 0.15) is 133 Å². The Labute approximate surface area is 689 Å². The van der Waals surface area contributed by atoms with Crippen LogP contribution in [0.15, 0.2) is 146 Å². The number of benzene rings is 8. The highest BCUT2D eigenvalue weighted by molar-refractivity contribution is 6.02. The van der Waals surface area contributed by atoms with Crippen molar-refractivity contribution in [2.75, 3.05) is 67.1 Å². The fourth-order valence-electron chi connectivity index (χ4n) is 15.7. The number of carbonyl (C=O) groups is 10. The molecule has 0 bridgehead atoms. The Bertz CT molecular complexity index is 4830. The molecule has 0 spiro atoms. The number of aliphatic hydroxyl groups is 4. The number of rotatable bonds is 35. The fraction of sp³-hybridized carbons (Fsp3) is 0.451. The molecule has 0 saturated heterocycles. The maximum Gasteiger partial charge on any atom is 0.344 e. The molecule has 12 rings (SSSR count). The van der Waals surface area contributed by atoms with Gasteiger partial charge in [0.05, 0.1) is 101 Å². The zero-order chi connectivity index (χ0) is 81.8. The summed E-state index contributed by atoms with van der Waals surface area (Å²) in [6.07, 6.45) is -4.29. The first kappa shape index (κ1) is 91.4. The summed E-state index contributed by atoms with van der Waals surface area (Å²) in [6, 6.07) is 43.9. The van der Waals surface area contributed by atoms with Gasteiger partial charge in [-0.1, -0.05) is 144 Å². The molecule has 8 aromatic carbocycles. The predicted octanol–water partition coefficient (Wildman–Crippen LogP) is 11.9. The number of hydrogen-bond acceptors (Lipinski definition) is 28. The second-order valence-electron chi connectivity index (χ2n) is 29.8. The van der Waals surface area contributed by atoms with Crippen LogP contribution in [0, 0.1) is 35.5 Å². The summed E-state index contributed by atoms with van der Waals surface area (Å²) < 4.78 is 79.6. The third-order valence-electron chi connectivity index (χ3n) is 21.9. The van der Waals surface area contributed by atoms with Gasteiger partial charge in [-0.3, -0.25) is 28.8 Å². The molecule has 0 aliphatic heterocycles. The minimum absolute atomic E-state index is 0. The minimum Gasteiger partial charge on any atom is -0.492 e. The van der Waals surface area contributed by atoms with Crippen molar-refractivity contribution in [3.8, 4) is 34.5 Å². The number of hydrogen-bond donors (Lipinski definition) is 4. The van der Waals surface area contributed by atoms with Crippen LogP contribution in [-0.4, -0.2) is 197 Å². The van der Waals surface area contributed by atoms with Gasteiger partial charge in [0, 0.05) is 10.8 Å². The lowest BCUT2D eigenvalue weighted by molar-refractivity contribution is -0.174. The van der Waals surface area contributed by atoms with Gasteiger partial charge in [-0.15, -0.1) is 0 Å². The van der Waals surface area contributed by atoms with E-state index in [9.17, 15) is 68.4 Å². The van der Waals surface area contributed by atoms with E-state index in [0.717, 1.165) is 32.3 Å². The van der Waals surface area contributed by atoms with Crippen molar-refractivity contribution >= 4 is 103 Å². The molecule has 0 aromatic heterocycles. The number of esters is 8. The summed E-state index contributed by atoms with van der Waals surface area (Å²) in [5.41, 5.74) is 0.642. The smallest absolute Gasteiger partial charge is 0.344 e. The minimum atomic E-state index is -2.15. The summed E-state index contributed by atoms with van der Waals surface area (Å²) in [5, 5.41) is 51.5. The first-order valence-corrected chi connectivity index (χ1v) is 38.9. The first-order valence-electron chi connectivity index (χ1n) is 38.9. The first-order chi connectivity index (χ1) is 56.2. The van der Waals surface area contributed by atoms with Crippen molar-refractivity contribution in [1.29, 1.82) is 0 Å². The molecule has 638 valence electrons. The van der Waals surface area contributed by atoms with Crippen LogP contribution in [0.3, 0.4) is 0 Å². The van der Waals surface area contributed by atoms with Gasteiger partial charge in [0.2, 0.25) is 0 Å². The third-order valence-corrected chi connectivity index (χ3v) is 21.9. The van der Waals surface area contributed by atoms with Gasteiger partial charge >= 0.3 is 47.8 Å². The quantitative estimate of drug-likeness (QED) is 0.0163.